The monoisotopic (exact) mass is 318 g/mol. The number of alkyl halides is 3. The molecule has 0 saturated carbocycles. The van der Waals surface area contributed by atoms with Crippen LogP contribution in [-0.4, -0.2) is 29.0 Å². The van der Waals surface area contributed by atoms with Gasteiger partial charge in [-0.3, -0.25) is 10.1 Å². The molecule has 0 bridgehead atoms. The van der Waals surface area contributed by atoms with E-state index in [0.717, 1.165) is 25.9 Å². The quantitative estimate of drug-likeness (QED) is 0.659. The number of nitro groups is 1. The van der Waals surface area contributed by atoms with Crippen LogP contribution in [0.5, 0.6) is 0 Å². The summed E-state index contributed by atoms with van der Waals surface area (Å²) in [5.41, 5.74) is -1.75. The number of halogens is 3. The van der Waals surface area contributed by atoms with E-state index in [9.17, 15) is 23.3 Å². The Morgan fingerprint density at radius 3 is 2.82 bits per heavy atom. The van der Waals surface area contributed by atoms with Crippen molar-refractivity contribution in [2.75, 3.05) is 18.4 Å². The van der Waals surface area contributed by atoms with Crippen molar-refractivity contribution in [1.82, 2.24) is 10.3 Å². The van der Waals surface area contributed by atoms with Gasteiger partial charge in [0.1, 0.15) is 17.6 Å². The summed E-state index contributed by atoms with van der Waals surface area (Å²) in [6.07, 6.45) is -2.09. The van der Waals surface area contributed by atoms with Gasteiger partial charge in [0.15, 0.2) is 0 Å². The first-order valence-electron chi connectivity index (χ1n) is 6.98. The second-order valence-corrected chi connectivity index (χ2v) is 5.38. The third kappa shape index (κ3) is 3.85. The molecule has 0 aromatic carbocycles. The SMILES string of the molecule is CC(Nc1cc(C(F)(F)F)ncc1[N+](=O)[O-])C1CCCNC1. The molecule has 2 unspecified atom stereocenters. The molecule has 0 spiro atoms. The number of anilines is 1. The van der Waals surface area contributed by atoms with Gasteiger partial charge in [-0.25, -0.2) is 4.98 Å². The van der Waals surface area contributed by atoms with E-state index in [4.69, 9.17) is 0 Å². The molecule has 122 valence electrons. The molecule has 22 heavy (non-hydrogen) atoms. The predicted molar refractivity (Wildman–Crippen MR) is 74.6 cm³/mol. The normalized spacial score (nSPS) is 20.5. The van der Waals surface area contributed by atoms with Gasteiger partial charge in [-0.1, -0.05) is 0 Å². The summed E-state index contributed by atoms with van der Waals surface area (Å²) in [6, 6.07) is 0.514. The van der Waals surface area contributed by atoms with Crippen molar-refractivity contribution < 1.29 is 18.1 Å². The number of rotatable bonds is 4. The van der Waals surface area contributed by atoms with Gasteiger partial charge in [-0.2, -0.15) is 13.2 Å². The lowest BCUT2D eigenvalue weighted by atomic mass is 9.92. The van der Waals surface area contributed by atoms with Crippen LogP contribution in [0.1, 0.15) is 25.5 Å². The summed E-state index contributed by atoms with van der Waals surface area (Å²) in [5.74, 6) is 0.204. The number of pyridine rings is 1. The fourth-order valence-corrected chi connectivity index (χ4v) is 2.53. The van der Waals surface area contributed by atoms with Gasteiger partial charge in [-0.05, 0) is 44.8 Å². The van der Waals surface area contributed by atoms with Crippen molar-refractivity contribution in [2.45, 2.75) is 32.0 Å². The van der Waals surface area contributed by atoms with Crippen molar-refractivity contribution in [3.8, 4) is 0 Å². The second-order valence-electron chi connectivity index (χ2n) is 5.38. The summed E-state index contributed by atoms with van der Waals surface area (Å²) >= 11 is 0. The first kappa shape index (κ1) is 16.5. The van der Waals surface area contributed by atoms with Crippen molar-refractivity contribution >= 4 is 11.4 Å². The number of aromatic nitrogens is 1. The van der Waals surface area contributed by atoms with E-state index in [1.165, 1.54) is 0 Å². The highest BCUT2D eigenvalue weighted by Gasteiger charge is 2.34. The minimum atomic E-state index is -4.64. The summed E-state index contributed by atoms with van der Waals surface area (Å²) in [5, 5.41) is 17.0. The molecule has 1 fully saturated rings. The molecule has 1 aromatic heterocycles. The fraction of sp³-hybridized carbons (Fsp3) is 0.615. The summed E-state index contributed by atoms with van der Waals surface area (Å²) in [4.78, 5) is 13.4. The van der Waals surface area contributed by atoms with Gasteiger partial charge in [0.25, 0.3) is 0 Å². The molecule has 0 amide bonds. The highest BCUT2D eigenvalue weighted by Crippen LogP contribution is 2.33. The van der Waals surface area contributed by atoms with Gasteiger partial charge in [0, 0.05) is 6.04 Å². The topological polar surface area (TPSA) is 80.1 Å². The molecule has 2 N–H and O–H groups in total. The minimum Gasteiger partial charge on any atom is -0.377 e. The van der Waals surface area contributed by atoms with Gasteiger partial charge in [0.2, 0.25) is 0 Å². The van der Waals surface area contributed by atoms with E-state index in [1.807, 2.05) is 6.92 Å². The van der Waals surface area contributed by atoms with Crippen LogP contribution < -0.4 is 10.6 Å². The Kier molecular flexibility index (Phi) is 4.84. The van der Waals surface area contributed by atoms with E-state index in [-0.39, 0.29) is 17.6 Å². The molecule has 1 saturated heterocycles. The molecular formula is C13H17F3N4O2. The number of piperidine rings is 1. The van der Waals surface area contributed by atoms with Crippen LogP contribution in [0, 0.1) is 16.0 Å². The first-order valence-corrected chi connectivity index (χ1v) is 6.98. The zero-order valence-corrected chi connectivity index (χ0v) is 12.0. The molecule has 9 heteroatoms. The van der Waals surface area contributed by atoms with Crippen LogP contribution in [0.4, 0.5) is 24.5 Å². The van der Waals surface area contributed by atoms with Gasteiger partial charge in [0.05, 0.1) is 4.92 Å². The van der Waals surface area contributed by atoms with Crippen molar-refractivity contribution in [1.29, 1.82) is 0 Å². The maximum Gasteiger partial charge on any atom is 0.433 e. The maximum atomic E-state index is 12.7. The Bertz CT molecular complexity index is 545. The van der Waals surface area contributed by atoms with Gasteiger partial charge < -0.3 is 10.6 Å². The molecule has 1 aliphatic heterocycles. The highest BCUT2D eigenvalue weighted by atomic mass is 19.4. The molecule has 2 atom stereocenters. The average Bonchev–Trinajstić information content (AvgIpc) is 2.47. The number of hydrogen-bond acceptors (Lipinski definition) is 5. The lowest BCUT2D eigenvalue weighted by Gasteiger charge is -2.29. The van der Waals surface area contributed by atoms with E-state index >= 15 is 0 Å². The second kappa shape index (κ2) is 6.47. The van der Waals surface area contributed by atoms with Crippen molar-refractivity contribution in [2.24, 2.45) is 5.92 Å². The summed E-state index contributed by atoms with van der Waals surface area (Å²) in [6.45, 7) is 3.46. The first-order chi connectivity index (χ1) is 10.3. The smallest absolute Gasteiger partial charge is 0.377 e. The zero-order chi connectivity index (χ0) is 16.3. The average molecular weight is 318 g/mol. The standard InChI is InChI=1S/C13H17F3N4O2/c1-8(9-3-2-4-17-6-9)19-10-5-12(13(14,15)16)18-7-11(10)20(21)22/h5,7-9,17H,2-4,6H2,1H3,(H,18,19). The largest absolute Gasteiger partial charge is 0.433 e. The molecule has 2 heterocycles. The molecule has 6 nitrogen and oxygen atoms in total. The predicted octanol–water partition coefficient (Wildman–Crippen LogP) is 2.81. The van der Waals surface area contributed by atoms with Gasteiger partial charge in [-0.15, -0.1) is 0 Å². The van der Waals surface area contributed by atoms with Crippen LogP contribution in [0.25, 0.3) is 0 Å². The summed E-state index contributed by atoms with van der Waals surface area (Å²) in [7, 11) is 0. The van der Waals surface area contributed by atoms with E-state index in [2.05, 4.69) is 15.6 Å². The Balaban J connectivity index is 2.24. The fourth-order valence-electron chi connectivity index (χ4n) is 2.53. The highest BCUT2D eigenvalue weighted by molar-refractivity contribution is 5.61. The lowest BCUT2D eigenvalue weighted by Crippen LogP contribution is -2.38. The molecule has 1 aromatic rings. The molecule has 0 radical (unpaired) electrons. The van der Waals surface area contributed by atoms with Crippen LogP contribution in [0.3, 0.4) is 0 Å². The van der Waals surface area contributed by atoms with Crippen LogP contribution >= 0.6 is 0 Å². The Hall–Kier alpha value is -1.90. The molecule has 2 rings (SSSR count). The molecular weight excluding hydrogens is 301 g/mol. The molecule has 1 aliphatic rings. The Labute approximate surface area is 125 Å². The number of nitrogens with one attached hydrogen (secondary N) is 2. The van der Waals surface area contributed by atoms with Crippen LogP contribution in [-0.2, 0) is 6.18 Å². The molecule has 0 aliphatic carbocycles. The van der Waals surface area contributed by atoms with Gasteiger partial charge >= 0.3 is 11.9 Å². The number of hydrogen-bond donors (Lipinski definition) is 2. The van der Waals surface area contributed by atoms with E-state index < -0.39 is 22.5 Å². The lowest BCUT2D eigenvalue weighted by molar-refractivity contribution is -0.384. The third-order valence-corrected chi connectivity index (χ3v) is 3.80. The summed E-state index contributed by atoms with van der Waals surface area (Å²) < 4.78 is 38.2. The minimum absolute atomic E-state index is 0.148. The Morgan fingerprint density at radius 1 is 1.55 bits per heavy atom. The van der Waals surface area contributed by atoms with Crippen LogP contribution in [0.2, 0.25) is 0 Å². The van der Waals surface area contributed by atoms with E-state index in [1.54, 1.807) is 0 Å². The zero-order valence-electron chi connectivity index (χ0n) is 12.0. The Morgan fingerprint density at radius 2 is 2.27 bits per heavy atom. The number of nitrogens with zero attached hydrogens (tertiary/aromatic N) is 2. The third-order valence-electron chi connectivity index (χ3n) is 3.80. The van der Waals surface area contributed by atoms with E-state index in [0.29, 0.717) is 12.3 Å². The van der Waals surface area contributed by atoms with Crippen LogP contribution in [0.15, 0.2) is 12.3 Å². The van der Waals surface area contributed by atoms with Crippen molar-refractivity contribution in [3.63, 3.8) is 0 Å². The maximum absolute atomic E-state index is 12.7. The van der Waals surface area contributed by atoms with Crippen molar-refractivity contribution in [3.05, 3.63) is 28.1 Å².